The van der Waals surface area contributed by atoms with Crippen molar-refractivity contribution < 1.29 is 9.90 Å². The van der Waals surface area contributed by atoms with Gasteiger partial charge in [0.15, 0.2) is 11.0 Å². The molecular formula is C9H11N5O2S. The maximum absolute atomic E-state index is 10.5. The Hall–Kier alpha value is -1.83. The number of carboxylic acids is 1. The van der Waals surface area contributed by atoms with E-state index in [1.807, 2.05) is 6.92 Å². The number of imidazole rings is 1. The highest BCUT2D eigenvalue weighted by molar-refractivity contribution is 7.99. The molecule has 0 radical (unpaired) electrons. The van der Waals surface area contributed by atoms with Crippen molar-refractivity contribution >= 4 is 17.7 Å². The van der Waals surface area contributed by atoms with E-state index in [-0.39, 0.29) is 5.75 Å². The number of hydrogen-bond acceptors (Lipinski definition) is 5. The third kappa shape index (κ3) is 2.31. The van der Waals surface area contributed by atoms with Crippen LogP contribution >= 0.6 is 11.8 Å². The molecule has 0 aromatic carbocycles. The van der Waals surface area contributed by atoms with Gasteiger partial charge in [0.05, 0.1) is 12.1 Å². The van der Waals surface area contributed by atoms with Crippen molar-refractivity contribution in [2.24, 2.45) is 7.05 Å². The molecule has 0 saturated carbocycles. The second-order valence-electron chi connectivity index (χ2n) is 3.42. The highest BCUT2D eigenvalue weighted by Gasteiger charge is 2.15. The SMILES string of the molecule is Cc1[nH]cnc1-c1nnc(SCC(=O)O)n1C. The lowest BCUT2D eigenvalue weighted by Crippen LogP contribution is -2.01. The molecule has 0 unspecified atom stereocenters. The lowest BCUT2D eigenvalue weighted by molar-refractivity contribution is -0.133. The molecular weight excluding hydrogens is 242 g/mol. The van der Waals surface area contributed by atoms with Crippen LogP contribution in [0.1, 0.15) is 5.69 Å². The van der Waals surface area contributed by atoms with Gasteiger partial charge in [-0.05, 0) is 6.92 Å². The number of hydrogen-bond donors (Lipinski definition) is 2. The molecule has 0 saturated heterocycles. The molecule has 0 aliphatic heterocycles. The number of aromatic amines is 1. The monoisotopic (exact) mass is 253 g/mol. The molecule has 0 spiro atoms. The van der Waals surface area contributed by atoms with Gasteiger partial charge in [-0.15, -0.1) is 10.2 Å². The third-order valence-electron chi connectivity index (χ3n) is 2.20. The van der Waals surface area contributed by atoms with Crippen LogP contribution in [0.3, 0.4) is 0 Å². The predicted octanol–water partition coefficient (Wildman–Crippen LogP) is 0.690. The molecule has 8 heteroatoms. The lowest BCUT2D eigenvalue weighted by atomic mass is 10.3. The Morgan fingerprint density at radius 1 is 1.59 bits per heavy atom. The number of nitrogens with one attached hydrogen (secondary N) is 1. The van der Waals surface area contributed by atoms with Crippen molar-refractivity contribution in [2.75, 3.05) is 5.75 Å². The summed E-state index contributed by atoms with van der Waals surface area (Å²) in [6.45, 7) is 1.89. The third-order valence-corrected chi connectivity index (χ3v) is 3.21. The van der Waals surface area contributed by atoms with E-state index in [2.05, 4.69) is 20.2 Å². The molecule has 2 heterocycles. The fraction of sp³-hybridized carbons (Fsp3) is 0.333. The Labute approximate surface area is 101 Å². The Morgan fingerprint density at radius 2 is 2.35 bits per heavy atom. The van der Waals surface area contributed by atoms with Crippen LogP contribution in [-0.2, 0) is 11.8 Å². The minimum absolute atomic E-state index is 0.0362. The van der Waals surface area contributed by atoms with E-state index < -0.39 is 5.97 Å². The zero-order valence-corrected chi connectivity index (χ0v) is 10.2. The van der Waals surface area contributed by atoms with Crippen molar-refractivity contribution in [1.82, 2.24) is 24.7 Å². The van der Waals surface area contributed by atoms with Crippen molar-refractivity contribution in [3.8, 4) is 11.5 Å². The number of H-pyrrole nitrogens is 1. The summed E-state index contributed by atoms with van der Waals surface area (Å²) in [5.41, 5.74) is 1.62. The Morgan fingerprint density at radius 3 is 2.94 bits per heavy atom. The second kappa shape index (κ2) is 4.58. The topological polar surface area (TPSA) is 96.7 Å². The molecule has 0 bridgehead atoms. The highest BCUT2D eigenvalue weighted by atomic mass is 32.2. The molecule has 7 nitrogen and oxygen atoms in total. The molecule has 2 rings (SSSR count). The number of carboxylic acid groups (broad SMARTS) is 1. The van der Waals surface area contributed by atoms with Crippen LogP contribution in [0.15, 0.2) is 11.5 Å². The van der Waals surface area contributed by atoms with E-state index in [0.717, 1.165) is 23.1 Å². The number of aromatic nitrogens is 5. The van der Waals surface area contributed by atoms with Gasteiger partial charge < -0.3 is 14.7 Å². The zero-order valence-electron chi connectivity index (χ0n) is 9.34. The van der Waals surface area contributed by atoms with Gasteiger partial charge in [0.25, 0.3) is 0 Å². The molecule has 0 fully saturated rings. The van der Waals surface area contributed by atoms with E-state index in [1.54, 1.807) is 17.9 Å². The van der Waals surface area contributed by atoms with Crippen molar-refractivity contribution in [3.63, 3.8) is 0 Å². The molecule has 2 aromatic heterocycles. The fourth-order valence-electron chi connectivity index (χ4n) is 1.36. The summed E-state index contributed by atoms with van der Waals surface area (Å²) in [5, 5.41) is 17.1. The normalized spacial score (nSPS) is 10.7. The molecule has 2 N–H and O–H groups in total. The van der Waals surface area contributed by atoms with E-state index in [9.17, 15) is 4.79 Å². The first-order chi connectivity index (χ1) is 8.09. The molecule has 0 amide bonds. The molecule has 90 valence electrons. The highest BCUT2D eigenvalue weighted by Crippen LogP contribution is 2.22. The summed E-state index contributed by atoms with van der Waals surface area (Å²) < 4.78 is 1.73. The molecule has 17 heavy (non-hydrogen) atoms. The van der Waals surface area contributed by atoms with Gasteiger partial charge in [-0.1, -0.05) is 11.8 Å². The summed E-state index contributed by atoms with van der Waals surface area (Å²) in [6, 6.07) is 0. The van der Waals surface area contributed by atoms with Gasteiger partial charge in [0.2, 0.25) is 0 Å². The molecule has 0 atom stereocenters. The van der Waals surface area contributed by atoms with Crippen LogP contribution in [-0.4, -0.2) is 41.6 Å². The summed E-state index contributed by atoms with van der Waals surface area (Å²) in [7, 11) is 1.79. The van der Waals surface area contributed by atoms with Crippen LogP contribution in [0.2, 0.25) is 0 Å². The predicted molar refractivity (Wildman–Crippen MR) is 61.7 cm³/mol. The number of thioether (sulfide) groups is 1. The van der Waals surface area contributed by atoms with Gasteiger partial charge >= 0.3 is 5.97 Å². The fourth-order valence-corrected chi connectivity index (χ4v) is 1.99. The maximum Gasteiger partial charge on any atom is 0.313 e. The number of rotatable bonds is 4. The van der Waals surface area contributed by atoms with E-state index in [1.165, 1.54) is 0 Å². The van der Waals surface area contributed by atoms with Crippen LogP contribution in [0.5, 0.6) is 0 Å². The smallest absolute Gasteiger partial charge is 0.313 e. The second-order valence-corrected chi connectivity index (χ2v) is 4.37. The van der Waals surface area contributed by atoms with Gasteiger partial charge in [-0.25, -0.2) is 4.98 Å². The quantitative estimate of drug-likeness (QED) is 0.778. The van der Waals surface area contributed by atoms with E-state index in [4.69, 9.17) is 5.11 Å². The summed E-state index contributed by atoms with van der Waals surface area (Å²) in [4.78, 5) is 17.6. The summed E-state index contributed by atoms with van der Waals surface area (Å²) in [6.07, 6.45) is 1.59. The summed E-state index contributed by atoms with van der Waals surface area (Å²) in [5.74, 6) is -0.293. The standard InChI is InChI=1S/C9H11N5O2S/c1-5-7(11-4-10-5)8-12-13-9(14(8)2)17-3-6(15)16/h4H,3H2,1-2H3,(H,10,11)(H,15,16). The number of carbonyl (C=O) groups is 1. The largest absolute Gasteiger partial charge is 0.481 e. The first-order valence-electron chi connectivity index (χ1n) is 4.84. The zero-order chi connectivity index (χ0) is 12.4. The molecule has 0 aliphatic carbocycles. The lowest BCUT2D eigenvalue weighted by Gasteiger charge is -2.00. The first-order valence-corrected chi connectivity index (χ1v) is 5.82. The van der Waals surface area contributed by atoms with Crippen LogP contribution in [0.4, 0.5) is 0 Å². The average molecular weight is 253 g/mol. The van der Waals surface area contributed by atoms with Gasteiger partial charge in [0, 0.05) is 12.7 Å². The van der Waals surface area contributed by atoms with Crippen LogP contribution in [0.25, 0.3) is 11.5 Å². The minimum Gasteiger partial charge on any atom is -0.481 e. The van der Waals surface area contributed by atoms with Gasteiger partial charge in [-0.2, -0.15) is 0 Å². The average Bonchev–Trinajstić information content (AvgIpc) is 2.82. The van der Waals surface area contributed by atoms with Crippen molar-refractivity contribution in [1.29, 1.82) is 0 Å². The Kier molecular flexibility index (Phi) is 3.14. The maximum atomic E-state index is 10.5. The Bertz CT molecular complexity index is 547. The Balaban J connectivity index is 2.27. The minimum atomic E-state index is -0.879. The first kappa shape index (κ1) is 11.6. The van der Waals surface area contributed by atoms with E-state index >= 15 is 0 Å². The van der Waals surface area contributed by atoms with Gasteiger partial charge in [-0.3, -0.25) is 4.79 Å². The molecule has 2 aromatic rings. The molecule has 0 aliphatic rings. The number of nitrogens with zero attached hydrogens (tertiary/aromatic N) is 4. The van der Waals surface area contributed by atoms with Crippen LogP contribution < -0.4 is 0 Å². The van der Waals surface area contributed by atoms with Gasteiger partial charge in [0.1, 0.15) is 5.69 Å². The van der Waals surface area contributed by atoms with Crippen molar-refractivity contribution in [2.45, 2.75) is 12.1 Å². The van der Waals surface area contributed by atoms with Crippen molar-refractivity contribution in [3.05, 3.63) is 12.0 Å². The van der Waals surface area contributed by atoms with E-state index in [0.29, 0.717) is 11.0 Å². The van der Waals surface area contributed by atoms with Crippen LogP contribution in [0, 0.1) is 6.92 Å². The number of aryl methyl sites for hydroxylation is 1. The number of aliphatic carboxylic acids is 1. The summed E-state index contributed by atoms with van der Waals surface area (Å²) >= 11 is 1.13.